The Morgan fingerprint density at radius 3 is 2.48 bits per heavy atom. The number of halogens is 2. The van der Waals surface area contributed by atoms with Crippen molar-refractivity contribution in [3.63, 3.8) is 0 Å². The molecule has 0 atom stereocenters. The number of rotatable bonds is 3. The molecule has 1 aliphatic rings. The fourth-order valence-electron chi connectivity index (χ4n) is 3.75. The topological polar surface area (TPSA) is 49.4 Å². The Kier molecular flexibility index (Phi) is 5.49. The number of nitrogens with one attached hydrogen (secondary N) is 1. The van der Waals surface area contributed by atoms with Crippen molar-refractivity contribution in [3.05, 3.63) is 77.1 Å². The van der Waals surface area contributed by atoms with Crippen molar-refractivity contribution in [2.24, 2.45) is 5.92 Å². The van der Waals surface area contributed by atoms with E-state index in [1.54, 1.807) is 4.90 Å². The van der Waals surface area contributed by atoms with Crippen LogP contribution in [-0.2, 0) is 4.79 Å². The molecule has 1 saturated heterocycles. The van der Waals surface area contributed by atoms with E-state index < -0.39 is 5.82 Å². The van der Waals surface area contributed by atoms with Crippen molar-refractivity contribution in [1.29, 1.82) is 0 Å². The predicted molar refractivity (Wildman–Crippen MR) is 113 cm³/mol. The zero-order chi connectivity index (χ0) is 20.4. The van der Waals surface area contributed by atoms with Gasteiger partial charge in [0.15, 0.2) is 0 Å². The first kappa shape index (κ1) is 19.4. The van der Waals surface area contributed by atoms with Crippen molar-refractivity contribution in [1.82, 2.24) is 4.90 Å². The van der Waals surface area contributed by atoms with Crippen LogP contribution in [0.1, 0.15) is 23.2 Å². The van der Waals surface area contributed by atoms with E-state index in [1.807, 2.05) is 42.5 Å². The second-order valence-corrected chi connectivity index (χ2v) is 7.62. The molecule has 1 aliphatic heterocycles. The van der Waals surface area contributed by atoms with Crippen LogP contribution < -0.4 is 5.32 Å². The maximum atomic E-state index is 13.3. The molecule has 6 heteroatoms. The van der Waals surface area contributed by atoms with Gasteiger partial charge in [0.2, 0.25) is 5.91 Å². The number of amides is 2. The predicted octanol–water partition coefficient (Wildman–Crippen LogP) is 5.12. The third kappa shape index (κ3) is 4.10. The summed E-state index contributed by atoms with van der Waals surface area (Å²) in [5.74, 6) is -0.865. The third-order valence-electron chi connectivity index (χ3n) is 5.36. The summed E-state index contributed by atoms with van der Waals surface area (Å²) < 4.78 is 13.3. The highest BCUT2D eigenvalue weighted by molar-refractivity contribution is 6.31. The monoisotopic (exact) mass is 410 g/mol. The number of piperidine rings is 1. The standard InChI is InChI=1S/C23H20ClFN2O2/c24-20-14-17(8-9-21(20)25)26-22(28)16-10-12-27(13-11-16)23(29)19-7-3-5-15-4-1-2-6-18(15)19/h1-9,14,16H,10-13H2,(H,26,28). The van der Waals surface area contributed by atoms with Crippen molar-refractivity contribution >= 4 is 39.9 Å². The molecular formula is C23H20ClFN2O2. The van der Waals surface area contributed by atoms with E-state index in [0.717, 1.165) is 10.8 Å². The minimum atomic E-state index is -0.523. The van der Waals surface area contributed by atoms with Crippen LogP contribution in [0.15, 0.2) is 60.7 Å². The highest BCUT2D eigenvalue weighted by Gasteiger charge is 2.28. The number of carbonyl (C=O) groups is 2. The summed E-state index contributed by atoms with van der Waals surface area (Å²) in [4.78, 5) is 27.4. The fourth-order valence-corrected chi connectivity index (χ4v) is 3.93. The van der Waals surface area contributed by atoms with Crippen LogP contribution in [0.4, 0.5) is 10.1 Å². The second kappa shape index (κ2) is 8.21. The number of nitrogens with zero attached hydrogens (tertiary/aromatic N) is 1. The lowest BCUT2D eigenvalue weighted by atomic mass is 9.94. The minimum Gasteiger partial charge on any atom is -0.339 e. The lowest BCUT2D eigenvalue weighted by Crippen LogP contribution is -2.41. The van der Waals surface area contributed by atoms with Crippen molar-refractivity contribution < 1.29 is 14.0 Å². The van der Waals surface area contributed by atoms with Crippen molar-refractivity contribution in [2.75, 3.05) is 18.4 Å². The maximum Gasteiger partial charge on any atom is 0.254 e. The van der Waals surface area contributed by atoms with Crippen LogP contribution in [-0.4, -0.2) is 29.8 Å². The van der Waals surface area contributed by atoms with Gasteiger partial charge in [0.1, 0.15) is 5.82 Å². The quantitative estimate of drug-likeness (QED) is 0.651. The van der Waals surface area contributed by atoms with Gasteiger partial charge in [-0.2, -0.15) is 0 Å². The fraction of sp³-hybridized carbons (Fsp3) is 0.217. The van der Waals surface area contributed by atoms with E-state index in [9.17, 15) is 14.0 Å². The van der Waals surface area contributed by atoms with Crippen LogP contribution in [0.2, 0.25) is 5.02 Å². The van der Waals surface area contributed by atoms with E-state index in [2.05, 4.69) is 5.32 Å². The third-order valence-corrected chi connectivity index (χ3v) is 5.65. The lowest BCUT2D eigenvalue weighted by molar-refractivity contribution is -0.121. The first-order valence-electron chi connectivity index (χ1n) is 9.56. The summed E-state index contributed by atoms with van der Waals surface area (Å²) in [6.07, 6.45) is 1.16. The average Bonchev–Trinajstić information content (AvgIpc) is 2.75. The molecular weight excluding hydrogens is 391 g/mol. The maximum absolute atomic E-state index is 13.3. The molecule has 2 amide bonds. The summed E-state index contributed by atoms with van der Waals surface area (Å²) >= 11 is 5.77. The van der Waals surface area contributed by atoms with Gasteiger partial charge in [-0.1, -0.05) is 48.0 Å². The second-order valence-electron chi connectivity index (χ2n) is 7.21. The Bertz CT molecular complexity index is 1070. The van der Waals surface area contributed by atoms with Crippen LogP contribution in [0, 0.1) is 11.7 Å². The lowest BCUT2D eigenvalue weighted by Gasteiger charge is -2.31. The normalized spacial score (nSPS) is 14.8. The van der Waals surface area contributed by atoms with E-state index in [4.69, 9.17) is 11.6 Å². The molecule has 1 fully saturated rings. The molecule has 148 valence electrons. The highest BCUT2D eigenvalue weighted by Crippen LogP contribution is 2.25. The molecule has 1 heterocycles. The molecule has 4 rings (SSSR count). The Labute approximate surface area is 173 Å². The number of anilines is 1. The van der Waals surface area contributed by atoms with Crippen LogP contribution in [0.3, 0.4) is 0 Å². The van der Waals surface area contributed by atoms with Gasteiger partial charge in [-0.25, -0.2) is 4.39 Å². The zero-order valence-corrected chi connectivity index (χ0v) is 16.5. The Morgan fingerprint density at radius 1 is 1.00 bits per heavy atom. The molecule has 29 heavy (non-hydrogen) atoms. The SMILES string of the molecule is O=C(Nc1ccc(F)c(Cl)c1)C1CCN(C(=O)c2cccc3ccccc23)CC1. The van der Waals surface area contributed by atoms with Gasteiger partial charge < -0.3 is 10.2 Å². The molecule has 1 N–H and O–H groups in total. The Morgan fingerprint density at radius 2 is 1.72 bits per heavy atom. The summed E-state index contributed by atoms with van der Waals surface area (Å²) in [7, 11) is 0. The number of fused-ring (bicyclic) bond motifs is 1. The van der Waals surface area contributed by atoms with Gasteiger partial charge in [-0.3, -0.25) is 9.59 Å². The van der Waals surface area contributed by atoms with Gasteiger partial charge in [-0.15, -0.1) is 0 Å². The number of hydrogen-bond acceptors (Lipinski definition) is 2. The molecule has 0 aliphatic carbocycles. The summed E-state index contributed by atoms with van der Waals surface area (Å²) in [6.45, 7) is 1.04. The van der Waals surface area contributed by atoms with Crippen molar-refractivity contribution in [2.45, 2.75) is 12.8 Å². The molecule has 0 bridgehead atoms. The van der Waals surface area contributed by atoms with E-state index >= 15 is 0 Å². The number of hydrogen-bond donors (Lipinski definition) is 1. The van der Waals surface area contributed by atoms with Crippen LogP contribution >= 0.6 is 11.6 Å². The van der Waals surface area contributed by atoms with Crippen molar-refractivity contribution in [3.8, 4) is 0 Å². The molecule has 0 saturated carbocycles. The first-order valence-corrected chi connectivity index (χ1v) is 9.93. The van der Waals surface area contributed by atoms with Gasteiger partial charge in [-0.05, 0) is 47.9 Å². The van der Waals surface area contributed by atoms with Crippen LogP contribution in [0.5, 0.6) is 0 Å². The van der Waals surface area contributed by atoms with Gasteiger partial charge in [0.05, 0.1) is 5.02 Å². The molecule has 0 aromatic heterocycles. The van der Waals surface area contributed by atoms with E-state index in [0.29, 0.717) is 37.2 Å². The van der Waals surface area contributed by atoms with E-state index in [1.165, 1.54) is 18.2 Å². The smallest absolute Gasteiger partial charge is 0.254 e. The average molecular weight is 411 g/mol. The van der Waals surface area contributed by atoms with Gasteiger partial charge in [0.25, 0.3) is 5.91 Å². The molecule has 0 spiro atoms. The number of carbonyl (C=O) groups excluding carboxylic acids is 2. The van der Waals surface area contributed by atoms with Gasteiger partial charge in [0, 0.05) is 30.3 Å². The molecule has 0 unspecified atom stereocenters. The highest BCUT2D eigenvalue weighted by atomic mass is 35.5. The first-order chi connectivity index (χ1) is 14.0. The Hall–Kier alpha value is -2.92. The van der Waals surface area contributed by atoms with Crippen LogP contribution in [0.25, 0.3) is 10.8 Å². The summed E-state index contributed by atoms with van der Waals surface area (Å²) in [6, 6.07) is 17.7. The van der Waals surface area contributed by atoms with E-state index in [-0.39, 0.29) is 22.8 Å². The molecule has 0 radical (unpaired) electrons. The van der Waals surface area contributed by atoms with Gasteiger partial charge >= 0.3 is 0 Å². The summed E-state index contributed by atoms with van der Waals surface area (Å²) in [5, 5.41) is 4.73. The summed E-state index contributed by atoms with van der Waals surface area (Å²) in [5.41, 5.74) is 1.16. The number of likely N-dealkylation sites (tertiary alicyclic amines) is 1. The molecule has 3 aromatic rings. The molecule has 3 aromatic carbocycles. The molecule has 4 nitrogen and oxygen atoms in total. The largest absolute Gasteiger partial charge is 0.339 e. The number of benzene rings is 3. The minimum absolute atomic E-state index is 0.00836. The Balaban J connectivity index is 1.40. The zero-order valence-electron chi connectivity index (χ0n) is 15.7.